The van der Waals surface area contributed by atoms with Gasteiger partial charge in [0.05, 0.1) is 5.69 Å². The van der Waals surface area contributed by atoms with Crippen LogP contribution in [0, 0.1) is 5.92 Å². The molecule has 90 valence electrons. The number of fused-ring (bicyclic) bond motifs is 1. The van der Waals surface area contributed by atoms with E-state index in [1.165, 1.54) is 0 Å². The van der Waals surface area contributed by atoms with Gasteiger partial charge >= 0.3 is 0 Å². The second-order valence-electron chi connectivity index (χ2n) is 4.63. The average molecular weight is 232 g/mol. The molecule has 0 bridgehead atoms. The van der Waals surface area contributed by atoms with Crippen molar-refractivity contribution < 1.29 is 9.53 Å². The van der Waals surface area contributed by atoms with Crippen molar-refractivity contribution in [1.29, 1.82) is 0 Å². The number of benzene rings is 1. The number of para-hydroxylation sites is 2. The molecule has 1 amide bonds. The number of carbonyl (C=O) groups excluding carboxylic acids is 1. The smallest absolute Gasteiger partial charge is 0.265 e. The van der Waals surface area contributed by atoms with Gasteiger partial charge in [0, 0.05) is 12.5 Å². The van der Waals surface area contributed by atoms with Gasteiger partial charge in [0.1, 0.15) is 5.75 Å². The first-order chi connectivity index (χ1) is 8.34. The highest BCUT2D eigenvalue weighted by atomic mass is 16.5. The summed E-state index contributed by atoms with van der Waals surface area (Å²) in [4.78, 5) is 12.0. The fourth-order valence-electron chi connectivity index (χ4n) is 2.51. The minimum Gasteiger partial charge on any atom is -0.478 e. The van der Waals surface area contributed by atoms with Crippen LogP contribution in [0.2, 0.25) is 0 Å². The van der Waals surface area contributed by atoms with Crippen LogP contribution in [-0.2, 0) is 4.79 Å². The summed E-state index contributed by atoms with van der Waals surface area (Å²) in [5.74, 6) is 1.04. The summed E-state index contributed by atoms with van der Waals surface area (Å²) in [5.41, 5.74) is 0.775. The number of ether oxygens (including phenoxy) is 1. The molecule has 2 aliphatic rings. The van der Waals surface area contributed by atoms with Gasteiger partial charge in [-0.15, -0.1) is 0 Å². The lowest BCUT2D eigenvalue weighted by Crippen LogP contribution is -2.47. The Morgan fingerprint density at radius 2 is 2.18 bits per heavy atom. The van der Waals surface area contributed by atoms with Crippen molar-refractivity contribution >= 4 is 11.6 Å². The van der Waals surface area contributed by atoms with E-state index in [0.717, 1.165) is 37.4 Å². The van der Waals surface area contributed by atoms with Gasteiger partial charge in [-0.05, 0) is 31.5 Å². The third kappa shape index (κ3) is 2.00. The standard InChI is InChI=1S/C13H16N2O2/c16-13-12(9-4-3-7-14-8-9)17-11-6-2-1-5-10(11)15-13/h1-2,5-6,9,12,14H,3-4,7-8H2,(H,15,16). The SMILES string of the molecule is O=C1Nc2ccccc2OC1C1CCCNC1. The van der Waals surface area contributed by atoms with Crippen LogP contribution in [0.1, 0.15) is 12.8 Å². The lowest BCUT2D eigenvalue weighted by Gasteiger charge is -2.33. The van der Waals surface area contributed by atoms with Gasteiger partial charge < -0.3 is 15.4 Å². The first-order valence-electron chi connectivity index (χ1n) is 6.12. The Kier molecular flexibility index (Phi) is 2.73. The third-order valence-electron chi connectivity index (χ3n) is 3.42. The van der Waals surface area contributed by atoms with Crippen molar-refractivity contribution in [3.63, 3.8) is 0 Å². The largest absolute Gasteiger partial charge is 0.478 e. The molecule has 0 saturated carbocycles. The Hall–Kier alpha value is -1.55. The molecule has 1 aromatic carbocycles. The molecule has 2 heterocycles. The summed E-state index contributed by atoms with van der Waals surface area (Å²) in [6, 6.07) is 7.58. The first kappa shape index (κ1) is 10.6. The van der Waals surface area contributed by atoms with Crippen LogP contribution >= 0.6 is 0 Å². The molecule has 0 radical (unpaired) electrons. The maximum Gasteiger partial charge on any atom is 0.265 e. The molecule has 1 saturated heterocycles. The molecule has 0 aromatic heterocycles. The lowest BCUT2D eigenvalue weighted by atomic mass is 9.92. The van der Waals surface area contributed by atoms with E-state index in [0.29, 0.717) is 0 Å². The van der Waals surface area contributed by atoms with Gasteiger partial charge in [-0.2, -0.15) is 0 Å². The van der Waals surface area contributed by atoms with Crippen LogP contribution in [0.15, 0.2) is 24.3 Å². The Balaban J connectivity index is 1.81. The van der Waals surface area contributed by atoms with E-state index in [9.17, 15) is 4.79 Å². The number of hydrogen-bond acceptors (Lipinski definition) is 3. The molecule has 4 nitrogen and oxygen atoms in total. The second-order valence-corrected chi connectivity index (χ2v) is 4.63. The topological polar surface area (TPSA) is 50.4 Å². The second kappa shape index (κ2) is 4.37. The molecule has 1 fully saturated rings. The predicted octanol–water partition coefficient (Wildman–Crippen LogP) is 1.39. The fraction of sp³-hybridized carbons (Fsp3) is 0.462. The molecular formula is C13H16N2O2. The zero-order valence-corrected chi connectivity index (χ0v) is 9.61. The molecule has 17 heavy (non-hydrogen) atoms. The Bertz CT molecular complexity index is 427. The van der Waals surface area contributed by atoms with Gasteiger partial charge in [0.15, 0.2) is 6.10 Å². The van der Waals surface area contributed by atoms with Gasteiger partial charge in [-0.25, -0.2) is 0 Å². The van der Waals surface area contributed by atoms with Gasteiger partial charge in [-0.3, -0.25) is 4.79 Å². The van der Waals surface area contributed by atoms with Crippen molar-refractivity contribution in [3.05, 3.63) is 24.3 Å². The number of hydrogen-bond donors (Lipinski definition) is 2. The predicted molar refractivity (Wildman–Crippen MR) is 65.1 cm³/mol. The van der Waals surface area contributed by atoms with Crippen LogP contribution < -0.4 is 15.4 Å². The minimum atomic E-state index is -0.349. The molecule has 1 aromatic rings. The van der Waals surface area contributed by atoms with Crippen LogP contribution in [0.25, 0.3) is 0 Å². The van der Waals surface area contributed by atoms with Crippen molar-refractivity contribution in [2.75, 3.05) is 18.4 Å². The summed E-state index contributed by atoms with van der Waals surface area (Å²) in [5, 5.41) is 6.23. The number of carbonyl (C=O) groups is 1. The van der Waals surface area contributed by atoms with E-state index in [2.05, 4.69) is 10.6 Å². The number of amides is 1. The van der Waals surface area contributed by atoms with Gasteiger partial charge in [-0.1, -0.05) is 12.1 Å². The van der Waals surface area contributed by atoms with Crippen LogP contribution in [-0.4, -0.2) is 25.1 Å². The van der Waals surface area contributed by atoms with E-state index in [4.69, 9.17) is 4.74 Å². The van der Waals surface area contributed by atoms with E-state index >= 15 is 0 Å². The summed E-state index contributed by atoms with van der Waals surface area (Å²) in [6.07, 6.45) is 1.81. The van der Waals surface area contributed by atoms with Crippen molar-refractivity contribution in [1.82, 2.24) is 5.32 Å². The van der Waals surface area contributed by atoms with Crippen molar-refractivity contribution in [2.24, 2.45) is 5.92 Å². The molecule has 2 atom stereocenters. The quantitative estimate of drug-likeness (QED) is 0.769. The summed E-state index contributed by atoms with van der Waals surface area (Å²) < 4.78 is 5.83. The fourth-order valence-corrected chi connectivity index (χ4v) is 2.51. The van der Waals surface area contributed by atoms with Gasteiger partial charge in [0.25, 0.3) is 5.91 Å². The Morgan fingerprint density at radius 1 is 1.29 bits per heavy atom. The minimum absolute atomic E-state index is 0.0163. The van der Waals surface area contributed by atoms with Crippen LogP contribution in [0.4, 0.5) is 5.69 Å². The van der Waals surface area contributed by atoms with E-state index in [1.807, 2.05) is 24.3 Å². The zero-order chi connectivity index (χ0) is 11.7. The highest BCUT2D eigenvalue weighted by Crippen LogP contribution is 2.32. The van der Waals surface area contributed by atoms with Crippen molar-refractivity contribution in [3.8, 4) is 5.75 Å². The molecule has 4 heteroatoms. The monoisotopic (exact) mass is 232 g/mol. The zero-order valence-electron chi connectivity index (χ0n) is 9.61. The van der Waals surface area contributed by atoms with E-state index in [-0.39, 0.29) is 17.9 Å². The summed E-state index contributed by atoms with van der Waals surface area (Å²) >= 11 is 0. The molecule has 2 aliphatic heterocycles. The lowest BCUT2D eigenvalue weighted by molar-refractivity contribution is -0.126. The maximum atomic E-state index is 12.0. The number of piperidine rings is 1. The average Bonchev–Trinajstić information content (AvgIpc) is 2.39. The molecule has 2 N–H and O–H groups in total. The molecule has 2 unspecified atom stereocenters. The highest BCUT2D eigenvalue weighted by molar-refractivity contribution is 5.97. The Labute approximate surface area is 100 Å². The summed E-state index contributed by atoms with van der Waals surface area (Å²) in [6.45, 7) is 1.90. The number of anilines is 1. The highest BCUT2D eigenvalue weighted by Gasteiger charge is 2.35. The molecule has 3 rings (SSSR count). The molecule has 0 spiro atoms. The van der Waals surface area contributed by atoms with Crippen LogP contribution in [0.5, 0.6) is 5.75 Å². The van der Waals surface area contributed by atoms with E-state index in [1.54, 1.807) is 0 Å². The third-order valence-corrected chi connectivity index (χ3v) is 3.42. The van der Waals surface area contributed by atoms with E-state index < -0.39 is 0 Å². The summed E-state index contributed by atoms with van der Waals surface area (Å²) in [7, 11) is 0. The first-order valence-corrected chi connectivity index (χ1v) is 6.12. The number of nitrogens with one attached hydrogen (secondary N) is 2. The van der Waals surface area contributed by atoms with Crippen molar-refractivity contribution in [2.45, 2.75) is 18.9 Å². The number of rotatable bonds is 1. The van der Waals surface area contributed by atoms with Crippen LogP contribution in [0.3, 0.4) is 0 Å². The van der Waals surface area contributed by atoms with Gasteiger partial charge in [0.2, 0.25) is 0 Å². The molecular weight excluding hydrogens is 216 g/mol. The normalized spacial score (nSPS) is 27.9. The maximum absolute atomic E-state index is 12.0. The molecule has 0 aliphatic carbocycles. The Morgan fingerprint density at radius 3 is 3.00 bits per heavy atom.